The van der Waals surface area contributed by atoms with Gasteiger partial charge in [-0.15, -0.1) is 5.10 Å². The first kappa shape index (κ1) is 25.3. The van der Waals surface area contributed by atoms with E-state index in [9.17, 15) is 14.4 Å². The second-order valence-electron chi connectivity index (χ2n) is 8.55. The van der Waals surface area contributed by atoms with Crippen molar-refractivity contribution in [2.75, 3.05) is 11.9 Å². The van der Waals surface area contributed by atoms with E-state index in [1.54, 1.807) is 12.1 Å². The van der Waals surface area contributed by atoms with Crippen molar-refractivity contribution < 1.29 is 19.1 Å². The molecular weight excluding hydrogens is 522 g/mol. The summed E-state index contributed by atoms with van der Waals surface area (Å²) in [5.41, 5.74) is 2.29. The van der Waals surface area contributed by atoms with Crippen LogP contribution in [0.1, 0.15) is 22.6 Å². The number of anilines is 1. The zero-order chi connectivity index (χ0) is 26.5. The highest BCUT2D eigenvalue weighted by molar-refractivity contribution is 7.73. The average Bonchev–Trinajstić information content (AvgIpc) is 3.34. The molecule has 4 aromatic rings. The summed E-state index contributed by atoms with van der Waals surface area (Å²) in [5, 5.41) is 15.0. The zero-order valence-corrected chi connectivity index (χ0v) is 21.6. The number of carbonyl (C=O) groups excluding carboxylic acids is 3. The van der Waals surface area contributed by atoms with Gasteiger partial charge in [0, 0.05) is 17.5 Å². The van der Waals surface area contributed by atoms with Gasteiger partial charge >= 0.3 is 0 Å². The summed E-state index contributed by atoms with van der Waals surface area (Å²) < 4.78 is 6.37. The minimum absolute atomic E-state index is 0.253. The van der Waals surface area contributed by atoms with Crippen LogP contribution in [0.15, 0.2) is 78.9 Å². The molecule has 3 aromatic carbocycles. The Bertz CT molecular complexity index is 1490. The van der Waals surface area contributed by atoms with Gasteiger partial charge in [0.05, 0.1) is 12.5 Å². The lowest BCUT2D eigenvalue weighted by molar-refractivity contribution is -0.128. The van der Waals surface area contributed by atoms with E-state index >= 15 is 0 Å². The minimum Gasteiger partial charge on any atom is -0.457 e. The monoisotopic (exact) mass is 545 g/mol. The van der Waals surface area contributed by atoms with Crippen LogP contribution in [0.5, 0.6) is 11.5 Å². The summed E-state index contributed by atoms with van der Waals surface area (Å²) in [4.78, 5) is 39.3. The Morgan fingerprint density at radius 1 is 0.947 bits per heavy atom. The molecule has 0 radical (unpaired) electrons. The number of rotatable bonds is 8. The Kier molecular flexibility index (Phi) is 7.57. The third-order valence-electron chi connectivity index (χ3n) is 5.97. The molecule has 9 nitrogen and oxygen atoms in total. The van der Waals surface area contributed by atoms with Gasteiger partial charge in [0.2, 0.25) is 22.9 Å². The summed E-state index contributed by atoms with van der Waals surface area (Å²) in [6.07, 6.45) is 0.253. The van der Waals surface area contributed by atoms with Crippen LogP contribution >= 0.6 is 23.6 Å². The predicted molar refractivity (Wildman–Crippen MR) is 146 cm³/mol. The molecule has 0 spiro atoms. The number of para-hydroxylation sites is 2. The van der Waals surface area contributed by atoms with Gasteiger partial charge in [0.15, 0.2) is 3.95 Å². The summed E-state index contributed by atoms with van der Waals surface area (Å²) >= 11 is 6.13. The van der Waals surface area contributed by atoms with Crippen molar-refractivity contribution >= 4 is 46.4 Å². The average molecular weight is 546 g/mol. The van der Waals surface area contributed by atoms with Crippen molar-refractivity contribution in [1.29, 1.82) is 0 Å². The normalized spacial score (nSPS) is 12.8. The van der Waals surface area contributed by atoms with Crippen molar-refractivity contribution in [2.45, 2.75) is 18.4 Å². The quantitative estimate of drug-likeness (QED) is 0.249. The molecule has 0 bridgehead atoms. The SMILES string of the molecule is O=C(CNC(=O)C1c2ccccc2Oc2ccccc21)N[C@@H](Cc1ccccc1)C(=O)Nc1n[nH]c(=S)s1. The molecule has 0 saturated heterocycles. The van der Waals surface area contributed by atoms with Gasteiger partial charge in [-0.2, -0.15) is 0 Å². The number of aromatic amines is 1. The topological polar surface area (TPSA) is 125 Å². The number of hydrogen-bond donors (Lipinski definition) is 4. The number of nitrogens with zero attached hydrogens (tertiary/aromatic N) is 1. The van der Waals surface area contributed by atoms with E-state index in [0.717, 1.165) is 16.9 Å². The number of fused-ring (bicyclic) bond motifs is 2. The lowest BCUT2D eigenvalue weighted by Gasteiger charge is -2.27. The standard InChI is InChI=1S/C27H23N5O4S2/c33-22(29-19(14-16-8-2-1-3-9-16)24(34)30-26-31-32-27(37)38-26)15-28-25(35)23-17-10-4-6-12-20(17)36-21-13-7-5-11-18(21)23/h1-13,19,23H,14-15H2,(H,28,35)(H,29,33)(H,32,37)(H,30,31,34)/t19-/m0/s1. The Morgan fingerprint density at radius 2 is 1.58 bits per heavy atom. The van der Waals surface area contributed by atoms with E-state index in [-0.39, 0.29) is 18.9 Å². The molecule has 0 saturated carbocycles. The summed E-state index contributed by atoms with van der Waals surface area (Å²) in [5.74, 6) is -0.741. The summed E-state index contributed by atoms with van der Waals surface area (Å²) in [6.45, 7) is -0.305. The number of ether oxygens (including phenoxy) is 1. The van der Waals surface area contributed by atoms with Crippen LogP contribution < -0.4 is 20.7 Å². The molecular formula is C27H23N5O4S2. The fourth-order valence-corrected chi connectivity index (χ4v) is 5.03. The first-order chi connectivity index (χ1) is 18.5. The molecule has 1 atom stereocenters. The smallest absolute Gasteiger partial charge is 0.249 e. The van der Waals surface area contributed by atoms with Crippen molar-refractivity contribution in [2.24, 2.45) is 0 Å². The molecule has 1 aromatic heterocycles. The summed E-state index contributed by atoms with van der Waals surface area (Å²) in [6, 6.07) is 23.1. The molecule has 2 heterocycles. The van der Waals surface area contributed by atoms with Gasteiger partial charge in [-0.25, -0.2) is 0 Å². The van der Waals surface area contributed by atoms with E-state index < -0.39 is 23.8 Å². The largest absolute Gasteiger partial charge is 0.457 e. The lowest BCUT2D eigenvalue weighted by atomic mass is 9.87. The molecule has 0 unspecified atom stereocenters. The van der Waals surface area contributed by atoms with Crippen molar-refractivity contribution in [3.63, 3.8) is 0 Å². The molecule has 1 aliphatic rings. The molecule has 5 rings (SSSR count). The molecule has 4 N–H and O–H groups in total. The highest BCUT2D eigenvalue weighted by Gasteiger charge is 2.32. The molecule has 3 amide bonds. The van der Waals surface area contributed by atoms with Crippen LogP contribution in [0.25, 0.3) is 0 Å². The van der Waals surface area contributed by atoms with Gasteiger partial charge in [0.25, 0.3) is 0 Å². The fraction of sp³-hybridized carbons (Fsp3) is 0.148. The van der Waals surface area contributed by atoms with E-state index in [1.165, 1.54) is 0 Å². The van der Waals surface area contributed by atoms with Crippen LogP contribution in [0.2, 0.25) is 0 Å². The van der Waals surface area contributed by atoms with Gasteiger partial charge in [0.1, 0.15) is 17.5 Å². The number of carbonyl (C=O) groups is 3. The van der Waals surface area contributed by atoms with Crippen LogP contribution in [0, 0.1) is 3.95 Å². The second-order valence-corrected chi connectivity index (χ2v) is 10.2. The lowest BCUT2D eigenvalue weighted by Crippen LogP contribution is -2.49. The highest BCUT2D eigenvalue weighted by Crippen LogP contribution is 2.43. The number of nitrogens with one attached hydrogen (secondary N) is 4. The van der Waals surface area contributed by atoms with Crippen LogP contribution in [-0.2, 0) is 20.8 Å². The maximum absolute atomic E-state index is 13.3. The van der Waals surface area contributed by atoms with E-state index in [0.29, 0.717) is 31.7 Å². The Balaban J connectivity index is 1.28. The van der Waals surface area contributed by atoms with Crippen molar-refractivity contribution in [3.8, 4) is 11.5 Å². The first-order valence-corrected chi connectivity index (χ1v) is 13.0. The van der Waals surface area contributed by atoms with Gasteiger partial charge in [-0.05, 0) is 29.9 Å². The van der Waals surface area contributed by atoms with Crippen LogP contribution in [0.3, 0.4) is 0 Å². The first-order valence-electron chi connectivity index (χ1n) is 11.8. The number of amides is 3. The summed E-state index contributed by atoms with van der Waals surface area (Å²) in [7, 11) is 0. The molecule has 1 aliphatic heterocycles. The van der Waals surface area contributed by atoms with Gasteiger partial charge < -0.3 is 15.4 Å². The Morgan fingerprint density at radius 3 is 2.21 bits per heavy atom. The fourth-order valence-electron chi connectivity index (χ4n) is 4.24. The molecule has 0 fully saturated rings. The van der Waals surface area contributed by atoms with Gasteiger partial charge in [-0.3, -0.25) is 24.8 Å². The van der Waals surface area contributed by atoms with E-state index in [4.69, 9.17) is 17.0 Å². The molecule has 192 valence electrons. The third-order valence-corrected chi connectivity index (χ3v) is 6.97. The van der Waals surface area contributed by atoms with Crippen molar-refractivity contribution in [3.05, 3.63) is 99.5 Å². The number of aromatic nitrogens is 2. The number of H-pyrrole nitrogens is 1. The molecule has 11 heteroatoms. The predicted octanol–water partition coefficient (Wildman–Crippen LogP) is 3.92. The third kappa shape index (κ3) is 5.79. The number of benzene rings is 3. The molecule has 0 aliphatic carbocycles. The van der Waals surface area contributed by atoms with E-state index in [2.05, 4.69) is 26.1 Å². The second kappa shape index (κ2) is 11.4. The maximum Gasteiger partial charge on any atom is 0.249 e. The number of hydrogen-bond acceptors (Lipinski definition) is 7. The Labute approximate surface area is 227 Å². The van der Waals surface area contributed by atoms with Crippen LogP contribution in [0.4, 0.5) is 5.13 Å². The highest BCUT2D eigenvalue weighted by atomic mass is 32.1. The zero-order valence-electron chi connectivity index (χ0n) is 20.0. The Hall–Kier alpha value is -4.35. The van der Waals surface area contributed by atoms with Gasteiger partial charge in [-0.1, -0.05) is 78.1 Å². The van der Waals surface area contributed by atoms with Crippen LogP contribution in [-0.4, -0.2) is 40.5 Å². The minimum atomic E-state index is -0.899. The van der Waals surface area contributed by atoms with Crippen molar-refractivity contribution in [1.82, 2.24) is 20.8 Å². The maximum atomic E-state index is 13.3. The molecule has 38 heavy (non-hydrogen) atoms. The van der Waals surface area contributed by atoms with E-state index in [1.807, 2.05) is 66.7 Å².